The summed E-state index contributed by atoms with van der Waals surface area (Å²) in [6.45, 7) is 4.76. The van der Waals surface area contributed by atoms with Crippen molar-refractivity contribution in [3.63, 3.8) is 0 Å². The Balaban J connectivity index is 0.00000158. The molecule has 0 spiro atoms. The van der Waals surface area contributed by atoms with Crippen LogP contribution in [0.5, 0.6) is 5.75 Å². The van der Waals surface area contributed by atoms with Gasteiger partial charge >= 0.3 is 0 Å². The van der Waals surface area contributed by atoms with E-state index in [2.05, 4.69) is 15.3 Å². The lowest BCUT2D eigenvalue weighted by atomic mass is 10.0. The summed E-state index contributed by atoms with van der Waals surface area (Å²) in [5.41, 5.74) is 7.28. The molecule has 1 heterocycles. The molecule has 0 saturated heterocycles. The molecule has 1 aliphatic rings. The van der Waals surface area contributed by atoms with Gasteiger partial charge in [0.2, 0.25) is 5.91 Å². The molecule has 1 amide bonds. The van der Waals surface area contributed by atoms with Crippen molar-refractivity contribution in [3.05, 3.63) is 71.8 Å². The van der Waals surface area contributed by atoms with Gasteiger partial charge in [0.05, 0.1) is 11.3 Å². The van der Waals surface area contributed by atoms with Crippen LogP contribution in [0, 0.1) is 17.1 Å². The molecule has 0 unspecified atom stereocenters. The molecule has 0 bridgehead atoms. The third-order valence-electron chi connectivity index (χ3n) is 5.25. The van der Waals surface area contributed by atoms with E-state index in [1.54, 1.807) is 4.90 Å². The maximum atomic E-state index is 13.4. The zero-order valence-electron chi connectivity index (χ0n) is 19.3. The van der Waals surface area contributed by atoms with Crippen LogP contribution >= 0.6 is 0 Å². The quantitative estimate of drug-likeness (QED) is 0.370. The number of halogens is 1. The van der Waals surface area contributed by atoms with Crippen molar-refractivity contribution in [2.75, 3.05) is 29.0 Å². The Morgan fingerprint density at radius 3 is 2.56 bits per heavy atom. The minimum absolute atomic E-state index is 0.0603. The fourth-order valence-corrected chi connectivity index (χ4v) is 3.40. The molecule has 0 radical (unpaired) electrons. The number of carbonyl (C=O) groups excluding carboxylic acids is 1. The van der Waals surface area contributed by atoms with Gasteiger partial charge in [-0.1, -0.05) is 32.0 Å². The average Bonchev–Trinajstić information content (AvgIpc) is 3.70. The molecule has 0 aliphatic heterocycles. The predicted octanol–water partition coefficient (Wildman–Crippen LogP) is 4.20. The number of anilines is 3. The summed E-state index contributed by atoms with van der Waals surface area (Å²) < 4.78 is 13.4. The number of hydrogen-bond donors (Lipinski definition) is 4. The number of rotatable bonds is 8. The Hall–Kier alpha value is -4.01. The third-order valence-corrected chi connectivity index (χ3v) is 5.25. The number of phenols is 1. The predicted molar refractivity (Wildman–Crippen MR) is 132 cm³/mol. The van der Waals surface area contributed by atoms with Gasteiger partial charge in [-0.2, -0.15) is 0 Å². The molecule has 0 atom stereocenters. The normalized spacial score (nSPS) is 12.3. The Labute approximate surface area is 198 Å². The topological polar surface area (TPSA) is 128 Å². The van der Waals surface area contributed by atoms with Crippen molar-refractivity contribution in [3.8, 4) is 5.75 Å². The smallest absolute Gasteiger partial charge is 0.230 e. The first-order valence-corrected chi connectivity index (χ1v) is 11.2. The number of nitrogens with zero attached hydrogens (tertiary/aromatic N) is 3. The second kappa shape index (κ2) is 11.2. The second-order valence-electron chi connectivity index (χ2n) is 7.55. The highest BCUT2D eigenvalue weighted by Gasteiger charge is 2.33. The Kier molecular flexibility index (Phi) is 8.13. The van der Waals surface area contributed by atoms with Gasteiger partial charge in [-0.3, -0.25) is 10.2 Å². The number of phenolic OH excluding ortho intramolecular Hbond substituents is 1. The summed E-state index contributed by atoms with van der Waals surface area (Å²) in [6, 6.07) is 13.1. The van der Waals surface area contributed by atoms with Crippen molar-refractivity contribution in [2.45, 2.75) is 26.7 Å². The summed E-state index contributed by atoms with van der Waals surface area (Å²) in [6.07, 6.45) is 3.09. The Morgan fingerprint density at radius 1 is 1.21 bits per heavy atom. The van der Waals surface area contributed by atoms with Gasteiger partial charge in [-0.25, -0.2) is 14.4 Å². The van der Waals surface area contributed by atoms with Gasteiger partial charge in [0, 0.05) is 30.3 Å². The molecule has 34 heavy (non-hydrogen) atoms. The van der Waals surface area contributed by atoms with E-state index in [0.29, 0.717) is 18.9 Å². The van der Waals surface area contributed by atoms with Gasteiger partial charge < -0.3 is 21.1 Å². The molecule has 4 rings (SSSR count). The number of hydrogen-bond acceptors (Lipinski definition) is 7. The van der Waals surface area contributed by atoms with Crippen molar-refractivity contribution < 1.29 is 14.3 Å². The van der Waals surface area contributed by atoms with Crippen LogP contribution < -0.4 is 16.0 Å². The van der Waals surface area contributed by atoms with Crippen molar-refractivity contribution in [1.82, 2.24) is 9.97 Å². The van der Waals surface area contributed by atoms with Gasteiger partial charge in [-0.15, -0.1) is 0 Å². The summed E-state index contributed by atoms with van der Waals surface area (Å²) in [7, 11) is 0. The molecule has 5 N–H and O–H groups in total. The number of nitrogens with one attached hydrogen (secondary N) is 2. The largest absolute Gasteiger partial charge is 0.505 e. The van der Waals surface area contributed by atoms with Crippen LogP contribution in [-0.4, -0.2) is 39.8 Å². The molecule has 3 aromatic rings. The minimum atomic E-state index is -0.779. The van der Waals surface area contributed by atoms with E-state index < -0.39 is 11.6 Å². The fourth-order valence-electron chi connectivity index (χ4n) is 3.40. The van der Waals surface area contributed by atoms with Crippen LogP contribution in [0.1, 0.15) is 37.8 Å². The molecule has 1 fully saturated rings. The maximum absolute atomic E-state index is 13.4. The molecule has 1 saturated carbocycles. The molecular formula is C25H29FN6O2. The van der Waals surface area contributed by atoms with Crippen LogP contribution in [-0.2, 0) is 4.79 Å². The first kappa shape index (κ1) is 24.6. The molecule has 178 valence electrons. The monoisotopic (exact) mass is 464 g/mol. The minimum Gasteiger partial charge on any atom is -0.505 e. The lowest BCUT2D eigenvalue weighted by Gasteiger charge is -2.23. The number of nitrogens with two attached hydrogens (primary N) is 1. The van der Waals surface area contributed by atoms with Crippen LogP contribution in [0.3, 0.4) is 0 Å². The summed E-state index contributed by atoms with van der Waals surface area (Å²) in [5, 5.41) is 21.3. The van der Waals surface area contributed by atoms with Gasteiger partial charge in [0.1, 0.15) is 18.0 Å². The maximum Gasteiger partial charge on any atom is 0.230 e. The zero-order chi connectivity index (χ0) is 24.7. The number of para-hydroxylation sites is 1. The number of carbonyl (C=O) groups is 1. The third kappa shape index (κ3) is 5.67. The van der Waals surface area contributed by atoms with Crippen molar-refractivity contribution in [1.29, 1.82) is 5.41 Å². The summed E-state index contributed by atoms with van der Waals surface area (Å²) in [4.78, 5) is 22.7. The number of amides is 1. The number of nitrogen functional groups attached to an aromatic ring is 1. The average molecular weight is 465 g/mol. The standard InChI is InChI=1S/C23H23FN6O2.C2H6/c24-17-9-8-15(12-18(17)31)20(25)19-21(26)28-13-29-22(19)27-10-11-30(23(32)14-6-7-14)16-4-2-1-3-5-16;1-2/h1-5,8-9,12-14,25,31H,6-7,10-11H2,(H3,26,27,28,29);1-2H3. The molecule has 1 aliphatic carbocycles. The molecule has 9 heteroatoms. The van der Waals surface area contributed by atoms with E-state index in [4.69, 9.17) is 11.1 Å². The van der Waals surface area contributed by atoms with E-state index in [9.17, 15) is 14.3 Å². The van der Waals surface area contributed by atoms with Gasteiger partial charge in [0.25, 0.3) is 0 Å². The van der Waals surface area contributed by atoms with Gasteiger partial charge in [0.15, 0.2) is 11.6 Å². The Morgan fingerprint density at radius 2 is 1.91 bits per heavy atom. The highest BCUT2D eigenvalue weighted by molar-refractivity contribution is 6.16. The first-order valence-electron chi connectivity index (χ1n) is 11.2. The zero-order valence-corrected chi connectivity index (χ0v) is 19.3. The van der Waals surface area contributed by atoms with E-state index >= 15 is 0 Å². The van der Waals surface area contributed by atoms with Crippen LogP contribution in [0.25, 0.3) is 0 Å². The van der Waals surface area contributed by atoms with E-state index in [1.807, 2.05) is 44.2 Å². The van der Waals surface area contributed by atoms with E-state index in [1.165, 1.54) is 12.4 Å². The van der Waals surface area contributed by atoms with Crippen LogP contribution in [0.2, 0.25) is 0 Å². The van der Waals surface area contributed by atoms with E-state index in [0.717, 1.165) is 30.7 Å². The highest BCUT2D eigenvalue weighted by Crippen LogP contribution is 2.32. The number of aromatic hydroxyl groups is 1. The van der Waals surface area contributed by atoms with E-state index in [-0.39, 0.29) is 34.5 Å². The lowest BCUT2D eigenvalue weighted by molar-refractivity contribution is -0.119. The second-order valence-corrected chi connectivity index (χ2v) is 7.55. The summed E-state index contributed by atoms with van der Waals surface area (Å²) in [5.74, 6) is -0.786. The van der Waals surface area contributed by atoms with Crippen molar-refractivity contribution >= 4 is 28.9 Å². The van der Waals surface area contributed by atoms with Gasteiger partial charge in [-0.05, 0) is 43.2 Å². The van der Waals surface area contributed by atoms with Crippen LogP contribution in [0.4, 0.5) is 21.7 Å². The fraction of sp³-hybridized carbons (Fsp3) is 0.280. The first-order chi connectivity index (χ1) is 16.5. The highest BCUT2D eigenvalue weighted by atomic mass is 19.1. The lowest BCUT2D eigenvalue weighted by Crippen LogP contribution is -2.36. The van der Waals surface area contributed by atoms with Crippen LogP contribution in [0.15, 0.2) is 54.9 Å². The Bertz CT molecular complexity index is 1150. The summed E-state index contributed by atoms with van der Waals surface area (Å²) >= 11 is 0. The molecule has 8 nitrogen and oxygen atoms in total. The number of benzene rings is 2. The molecular weight excluding hydrogens is 435 g/mol. The van der Waals surface area contributed by atoms with Crippen molar-refractivity contribution in [2.24, 2.45) is 5.92 Å². The molecule has 2 aromatic carbocycles. The molecule has 1 aromatic heterocycles. The SMILES string of the molecule is CC.N=C(c1ccc(F)c(O)c1)c1c(N)ncnc1NCCN(C(=O)C1CC1)c1ccccc1. The number of aromatic nitrogens is 2.